The maximum atomic E-state index is 6.56. The van der Waals surface area contributed by atoms with E-state index in [0.717, 1.165) is 38.8 Å². The van der Waals surface area contributed by atoms with Crippen molar-refractivity contribution in [3.63, 3.8) is 0 Å². The van der Waals surface area contributed by atoms with E-state index in [4.69, 9.17) is 4.42 Å². The molecule has 11 rings (SSSR count). The highest BCUT2D eigenvalue weighted by atomic mass is 16.3. The fourth-order valence-corrected chi connectivity index (χ4v) is 10.7. The van der Waals surface area contributed by atoms with E-state index in [1.54, 1.807) is 0 Å². The molecule has 9 aromatic rings. The van der Waals surface area contributed by atoms with Gasteiger partial charge < -0.3 is 14.2 Å². The van der Waals surface area contributed by atoms with Gasteiger partial charge in [-0.1, -0.05) is 192 Å². The zero-order chi connectivity index (χ0) is 47.7. The largest absolute Gasteiger partial charge is 0.455 e. The maximum absolute atomic E-state index is 6.56. The van der Waals surface area contributed by atoms with E-state index in [-0.39, 0.29) is 28.4 Å². The summed E-state index contributed by atoms with van der Waals surface area (Å²) in [5, 5.41) is 2.28. The zero-order valence-corrected chi connectivity index (χ0v) is 42.0. The number of hydrogen-bond donors (Lipinski definition) is 0. The Balaban J connectivity index is 1.21. The van der Waals surface area contributed by atoms with E-state index in [9.17, 15) is 0 Å². The van der Waals surface area contributed by atoms with Gasteiger partial charge in [0.2, 0.25) is 0 Å². The molecule has 0 bridgehead atoms. The first-order chi connectivity index (χ1) is 32.3. The van der Waals surface area contributed by atoms with Crippen molar-refractivity contribution in [3.8, 4) is 22.3 Å². The highest BCUT2D eigenvalue weighted by molar-refractivity contribution is 7.00. The van der Waals surface area contributed by atoms with Crippen molar-refractivity contribution >= 4 is 79.2 Å². The van der Waals surface area contributed by atoms with E-state index in [0.29, 0.717) is 0 Å². The average molecular weight is 887 g/mol. The number of anilines is 6. The van der Waals surface area contributed by atoms with E-state index < -0.39 is 0 Å². The molecule has 0 amide bonds. The Bertz CT molecular complexity index is 3440. The number of benzene rings is 8. The van der Waals surface area contributed by atoms with Crippen molar-refractivity contribution in [2.24, 2.45) is 0 Å². The van der Waals surface area contributed by atoms with Crippen LogP contribution in [0.5, 0.6) is 0 Å². The topological polar surface area (TPSA) is 19.6 Å². The molecular weight excluding hydrogens is 824 g/mol. The van der Waals surface area contributed by atoms with Gasteiger partial charge in [0.1, 0.15) is 11.2 Å². The van der Waals surface area contributed by atoms with Crippen LogP contribution in [-0.2, 0) is 21.7 Å². The van der Waals surface area contributed by atoms with Crippen LogP contribution >= 0.6 is 0 Å². The van der Waals surface area contributed by atoms with Gasteiger partial charge in [-0.05, 0) is 126 Å². The molecule has 0 saturated heterocycles. The average Bonchev–Trinajstić information content (AvgIpc) is 3.69. The van der Waals surface area contributed by atoms with Crippen LogP contribution in [0.15, 0.2) is 168 Å². The Hall–Kier alpha value is -6.78. The second-order valence-electron chi connectivity index (χ2n) is 23.5. The third-order valence-corrected chi connectivity index (χ3v) is 14.7. The first-order valence-electron chi connectivity index (χ1n) is 24.5. The number of hydrogen-bond acceptors (Lipinski definition) is 3. The molecule has 1 aromatic heterocycles. The normalized spacial score (nSPS) is 13.8. The summed E-state index contributed by atoms with van der Waals surface area (Å²) >= 11 is 0. The van der Waals surface area contributed by atoms with Crippen LogP contribution in [0.3, 0.4) is 0 Å². The van der Waals surface area contributed by atoms with Gasteiger partial charge in [-0.3, -0.25) is 0 Å². The molecule has 0 saturated carbocycles. The molecule has 338 valence electrons. The minimum atomic E-state index is -0.146. The van der Waals surface area contributed by atoms with Crippen molar-refractivity contribution in [2.75, 3.05) is 9.80 Å². The van der Waals surface area contributed by atoms with Gasteiger partial charge in [-0.2, -0.15) is 0 Å². The Labute approximate surface area is 404 Å². The summed E-state index contributed by atoms with van der Waals surface area (Å²) in [7, 11) is 0. The Kier molecular flexibility index (Phi) is 9.90. The van der Waals surface area contributed by atoms with Crippen molar-refractivity contribution in [3.05, 3.63) is 186 Å². The summed E-state index contributed by atoms with van der Waals surface area (Å²) in [5.74, 6) is 0. The van der Waals surface area contributed by atoms with Crippen LogP contribution in [0.4, 0.5) is 34.1 Å². The zero-order valence-electron chi connectivity index (χ0n) is 42.0. The molecule has 2 aliphatic heterocycles. The summed E-state index contributed by atoms with van der Waals surface area (Å²) < 4.78 is 6.56. The van der Waals surface area contributed by atoms with Crippen LogP contribution in [0, 0.1) is 0 Å². The van der Waals surface area contributed by atoms with Crippen LogP contribution in [0.2, 0.25) is 0 Å². The molecule has 0 radical (unpaired) electrons. The lowest BCUT2D eigenvalue weighted by Gasteiger charge is -2.46. The molecule has 8 aromatic carbocycles. The second kappa shape index (κ2) is 15.4. The van der Waals surface area contributed by atoms with E-state index in [1.807, 2.05) is 6.07 Å². The summed E-state index contributed by atoms with van der Waals surface area (Å²) in [4.78, 5) is 5.21. The number of fused-ring (bicyclic) bond motifs is 7. The van der Waals surface area contributed by atoms with Gasteiger partial charge in [-0.15, -0.1) is 0 Å². The highest BCUT2D eigenvalue weighted by Crippen LogP contribution is 2.50. The second-order valence-corrected chi connectivity index (χ2v) is 23.5. The monoisotopic (exact) mass is 887 g/mol. The molecule has 0 atom stereocenters. The van der Waals surface area contributed by atoms with E-state index >= 15 is 0 Å². The minimum Gasteiger partial charge on any atom is -0.455 e. The Morgan fingerprint density at radius 2 is 0.868 bits per heavy atom. The molecule has 3 heterocycles. The first kappa shape index (κ1) is 43.8. The first-order valence-corrected chi connectivity index (χ1v) is 24.5. The van der Waals surface area contributed by atoms with Gasteiger partial charge in [0.15, 0.2) is 0 Å². The minimum absolute atomic E-state index is 0.00791. The molecule has 0 N–H and O–H groups in total. The highest BCUT2D eigenvalue weighted by Gasteiger charge is 2.45. The molecule has 4 heteroatoms. The van der Waals surface area contributed by atoms with Gasteiger partial charge in [0, 0.05) is 50.3 Å². The summed E-state index contributed by atoms with van der Waals surface area (Å²) in [6, 6.07) is 62.0. The van der Waals surface area contributed by atoms with Crippen LogP contribution in [-0.4, -0.2) is 6.71 Å². The maximum Gasteiger partial charge on any atom is 0.252 e. The fourth-order valence-electron chi connectivity index (χ4n) is 10.7. The lowest BCUT2D eigenvalue weighted by Crippen LogP contribution is -2.61. The molecular formula is C64H63BN2O. The Morgan fingerprint density at radius 3 is 1.49 bits per heavy atom. The van der Waals surface area contributed by atoms with Crippen LogP contribution < -0.4 is 26.2 Å². The number of para-hydroxylation sites is 2. The van der Waals surface area contributed by atoms with Crippen molar-refractivity contribution in [1.82, 2.24) is 0 Å². The summed E-state index contributed by atoms with van der Waals surface area (Å²) in [6.45, 7) is 28.0. The SMILES string of the molecule is CC(C)(C)c1ccc(N2c3cc(C(C)(C)C)ccc3B3c4ccc(C(C)(C)C)cc4N(c4ccc(-c5cccc6c5oc5ccccc56)cc4)c4cc(C(C)(C)C)cc2c43)c(-c2ccccc2)c1. The van der Waals surface area contributed by atoms with E-state index in [1.165, 1.54) is 78.2 Å². The Morgan fingerprint density at radius 1 is 0.368 bits per heavy atom. The van der Waals surface area contributed by atoms with Crippen molar-refractivity contribution in [2.45, 2.75) is 105 Å². The molecule has 0 unspecified atom stereocenters. The molecule has 3 nitrogen and oxygen atoms in total. The fraction of sp³-hybridized carbons (Fsp3) is 0.250. The molecule has 0 spiro atoms. The van der Waals surface area contributed by atoms with Gasteiger partial charge in [0.05, 0.1) is 5.69 Å². The molecule has 2 aliphatic rings. The summed E-state index contributed by atoms with van der Waals surface area (Å²) in [5.41, 5.74) is 22.7. The third kappa shape index (κ3) is 7.18. The predicted octanol–water partition coefficient (Wildman–Crippen LogP) is 16.2. The third-order valence-electron chi connectivity index (χ3n) is 14.7. The molecule has 0 fully saturated rings. The lowest BCUT2D eigenvalue weighted by molar-refractivity contribution is 0.589. The smallest absolute Gasteiger partial charge is 0.252 e. The van der Waals surface area contributed by atoms with Gasteiger partial charge in [-0.25, -0.2) is 0 Å². The number of rotatable bonds is 4. The lowest BCUT2D eigenvalue weighted by atomic mass is 9.33. The standard InChI is InChI=1S/C64H63BN2O/c1-61(2,3)42-29-34-53(50(35-42)40-19-14-13-15-20-40)67-55-37-44(63(7,8)9)28-33-52(55)65-51-32-27-43(62(4,5)6)36-54(51)66(56-38-45(64(10,11)12)39-57(67)59(56)65)46-30-25-41(26-31-46)47-22-18-23-49-48-21-16-17-24-58(48)68-60(47)49/h13-39H,1-12H3. The van der Waals surface area contributed by atoms with Crippen LogP contribution in [0.1, 0.15) is 105 Å². The summed E-state index contributed by atoms with van der Waals surface area (Å²) in [6.07, 6.45) is 0. The number of furan rings is 1. The quantitative estimate of drug-likeness (QED) is 0.164. The van der Waals surface area contributed by atoms with Gasteiger partial charge in [0.25, 0.3) is 6.71 Å². The predicted molar refractivity (Wildman–Crippen MR) is 293 cm³/mol. The molecule has 0 aliphatic carbocycles. The van der Waals surface area contributed by atoms with Gasteiger partial charge >= 0.3 is 0 Å². The van der Waals surface area contributed by atoms with Crippen molar-refractivity contribution < 1.29 is 4.42 Å². The van der Waals surface area contributed by atoms with E-state index in [2.05, 4.69) is 251 Å². The van der Waals surface area contributed by atoms with Crippen molar-refractivity contribution in [1.29, 1.82) is 0 Å². The molecule has 68 heavy (non-hydrogen) atoms. The number of nitrogens with zero attached hydrogens (tertiary/aromatic N) is 2. The van der Waals surface area contributed by atoms with Crippen LogP contribution in [0.25, 0.3) is 44.2 Å².